The second-order valence-electron chi connectivity index (χ2n) is 5.21. The lowest BCUT2D eigenvalue weighted by atomic mass is 10.1. The minimum Gasteiger partial charge on any atom is -0.468 e. The fourth-order valence-corrected chi connectivity index (χ4v) is 4.29. The average molecular weight is 375 g/mol. The van der Waals surface area contributed by atoms with Gasteiger partial charge in [0.25, 0.3) is 5.91 Å². The summed E-state index contributed by atoms with van der Waals surface area (Å²) in [5.74, 6) is -2.71. The van der Waals surface area contributed by atoms with Crippen LogP contribution in [0.5, 0.6) is 0 Å². The van der Waals surface area contributed by atoms with E-state index in [0.717, 1.165) is 0 Å². The van der Waals surface area contributed by atoms with E-state index in [1.54, 1.807) is 0 Å². The molecule has 1 fully saturated rings. The highest BCUT2D eigenvalue weighted by Gasteiger charge is 2.42. The van der Waals surface area contributed by atoms with E-state index in [2.05, 4.69) is 10.1 Å². The van der Waals surface area contributed by atoms with Crippen LogP contribution in [-0.2, 0) is 24.3 Å². The highest BCUT2D eigenvalue weighted by Crippen LogP contribution is 2.31. The Morgan fingerprint density at radius 3 is 2.58 bits per heavy atom. The van der Waals surface area contributed by atoms with Crippen LogP contribution >= 0.6 is 11.6 Å². The molecule has 2 amide bonds. The smallest absolute Gasteiger partial charge is 0.325 e. The monoisotopic (exact) mass is 374 g/mol. The number of rotatable bonds is 4. The Bertz CT molecular complexity index is 807. The molecule has 0 radical (unpaired) electrons. The van der Waals surface area contributed by atoms with Crippen LogP contribution in [0.15, 0.2) is 18.2 Å². The second-order valence-corrected chi connectivity index (χ2v) is 7.47. The van der Waals surface area contributed by atoms with Gasteiger partial charge in [-0.25, -0.2) is 12.7 Å². The number of nitrogens with zero attached hydrogens (tertiary/aromatic N) is 1. The standard InChI is InChI=1S/C14H15ClN2O6S/c1-8-7-24(21,22)17(14(8)20)9-3-4-10(11(15)5-9)13(19)16-6-12(18)23-2/h3-5,8H,6-7H2,1-2H3,(H,16,19)/t8-/m0/s1. The van der Waals surface area contributed by atoms with Crippen molar-refractivity contribution in [3.63, 3.8) is 0 Å². The Hall–Kier alpha value is -2.13. The molecule has 1 aromatic rings. The molecule has 1 heterocycles. The van der Waals surface area contributed by atoms with E-state index in [-0.39, 0.29) is 28.6 Å². The van der Waals surface area contributed by atoms with E-state index >= 15 is 0 Å². The van der Waals surface area contributed by atoms with Gasteiger partial charge >= 0.3 is 5.97 Å². The summed E-state index contributed by atoms with van der Waals surface area (Å²) in [6.45, 7) is 1.19. The largest absolute Gasteiger partial charge is 0.468 e. The van der Waals surface area contributed by atoms with Gasteiger partial charge in [-0.1, -0.05) is 18.5 Å². The minimum atomic E-state index is -3.75. The van der Waals surface area contributed by atoms with Gasteiger partial charge in [0, 0.05) is 0 Å². The molecule has 10 heteroatoms. The molecule has 24 heavy (non-hydrogen) atoms. The molecule has 0 bridgehead atoms. The Kier molecular flexibility index (Phi) is 5.14. The number of methoxy groups -OCH3 is 1. The van der Waals surface area contributed by atoms with E-state index in [4.69, 9.17) is 11.6 Å². The predicted molar refractivity (Wildman–Crippen MR) is 86.2 cm³/mol. The summed E-state index contributed by atoms with van der Waals surface area (Å²) in [5, 5.41) is 2.27. The molecule has 0 spiro atoms. The van der Waals surface area contributed by atoms with Crippen LogP contribution in [0.2, 0.25) is 5.02 Å². The molecule has 1 saturated heterocycles. The number of sulfonamides is 1. The van der Waals surface area contributed by atoms with Crippen molar-refractivity contribution in [2.75, 3.05) is 23.7 Å². The molecule has 1 aliphatic rings. The van der Waals surface area contributed by atoms with Crippen molar-refractivity contribution in [3.8, 4) is 0 Å². The fraction of sp³-hybridized carbons (Fsp3) is 0.357. The number of carbonyl (C=O) groups excluding carboxylic acids is 3. The summed E-state index contributed by atoms with van der Waals surface area (Å²) >= 11 is 6.02. The summed E-state index contributed by atoms with van der Waals surface area (Å²) < 4.78 is 29.2. The minimum absolute atomic E-state index is 0.0430. The van der Waals surface area contributed by atoms with Crippen LogP contribution in [0.25, 0.3) is 0 Å². The normalized spacial score (nSPS) is 19.2. The van der Waals surface area contributed by atoms with Gasteiger partial charge in [0.05, 0.1) is 35.1 Å². The highest BCUT2D eigenvalue weighted by molar-refractivity contribution is 7.94. The number of halogens is 1. The van der Waals surface area contributed by atoms with Crippen LogP contribution in [0.3, 0.4) is 0 Å². The molecule has 130 valence electrons. The maximum absolute atomic E-state index is 12.1. The molecule has 0 aromatic heterocycles. The third-order valence-electron chi connectivity index (χ3n) is 3.41. The molecular formula is C14H15ClN2O6S. The number of ether oxygens (including phenoxy) is 1. The summed E-state index contributed by atoms with van der Waals surface area (Å²) in [7, 11) is -2.56. The lowest BCUT2D eigenvalue weighted by molar-refractivity contribution is -0.139. The number of nitrogens with one attached hydrogen (secondary N) is 1. The van der Waals surface area contributed by atoms with Gasteiger partial charge in [0.1, 0.15) is 6.54 Å². The highest BCUT2D eigenvalue weighted by atomic mass is 35.5. The number of carbonyl (C=O) groups is 3. The van der Waals surface area contributed by atoms with Gasteiger partial charge in [0.15, 0.2) is 0 Å². The van der Waals surface area contributed by atoms with Gasteiger partial charge in [-0.05, 0) is 18.2 Å². The Labute approximate surface area is 143 Å². The summed E-state index contributed by atoms with van der Waals surface area (Å²) in [6.07, 6.45) is 0. The first-order valence-electron chi connectivity index (χ1n) is 6.88. The molecule has 0 unspecified atom stereocenters. The number of anilines is 1. The fourth-order valence-electron chi connectivity index (χ4n) is 2.22. The van der Waals surface area contributed by atoms with Gasteiger partial charge in [-0.2, -0.15) is 0 Å². The molecule has 0 aliphatic carbocycles. The molecule has 1 atom stereocenters. The van der Waals surface area contributed by atoms with Crippen molar-refractivity contribution in [3.05, 3.63) is 28.8 Å². The van der Waals surface area contributed by atoms with Crippen molar-refractivity contribution >= 4 is 45.1 Å². The Morgan fingerprint density at radius 1 is 1.42 bits per heavy atom. The lowest BCUT2D eigenvalue weighted by Gasteiger charge is -2.16. The third-order valence-corrected chi connectivity index (χ3v) is 5.59. The second kappa shape index (κ2) is 6.78. The van der Waals surface area contributed by atoms with Gasteiger partial charge in [-0.15, -0.1) is 0 Å². The van der Waals surface area contributed by atoms with Crippen molar-refractivity contribution in [2.45, 2.75) is 6.92 Å². The first-order chi connectivity index (χ1) is 11.2. The zero-order chi connectivity index (χ0) is 18.1. The summed E-state index contributed by atoms with van der Waals surface area (Å²) in [4.78, 5) is 35.0. The van der Waals surface area contributed by atoms with Crippen molar-refractivity contribution in [1.29, 1.82) is 0 Å². The molecule has 8 nitrogen and oxygen atoms in total. The number of hydrogen-bond donors (Lipinski definition) is 1. The maximum Gasteiger partial charge on any atom is 0.325 e. The number of hydrogen-bond acceptors (Lipinski definition) is 6. The Morgan fingerprint density at radius 2 is 2.08 bits per heavy atom. The van der Waals surface area contributed by atoms with E-state index in [9.17, 15) is 22.8 Å². The molecule has 1 N–H and O–H groups in total. The van der Waals surface area contributed by atoms with E-state index in [1.807, 2.05) is 0 Å². The molecule has 0 saturated carbocycles. The van der Waals surface area contributed by atoms with E-state index < -0.39 is 33.7 Å². The van der Waals surface area contributed by atoms with Crippen LogP contribution in [0, 0.1) is 5.92 Å². The van der Waals surface area contributed by atoms with Crippen LogP contribution in [0.4, 0.5) is 5.69 Å². The molecular weight excluding hydrogens is 360 g/mol. The first kappa shape index (κ1) is 18.2. The SMILES string of the molecule is COC(=O)CNC(=O)c1ccc(N2C(=O)[C@@H](C)CS2(=O)=O)cc1Cl. The van der Waals surface area contributed by atoms with Gasteiger partial charge in [0.2, 0.25) is 15.9 Å². The summed E-state index contributed by atoms with van der Waals surface area (Å²) in [6, 6.07) is 3.82. The van der Waals surface area contributed by atoms with Crippen LogP contribution in [0.1, 0.15) is 17.3 Å². The topological polar surface area (TPSA) is 110 Å². The number of benzene rings is 1. The van der Waals surface area contributed by atoms with Crippen molar-refractivity contribution in [2.24, 2.45) is 5.92 Å². The Balaban J connectivity index is 2.26. The number of esters is 1. The van der Waals surface area contributed by atoms with Crippen LogP contribution in [-0.4, -0.2) is 45.6 Å². The first-order valence-corrected chi connectivity index (χ1v) is 8.87. The molecule has 2 rings (SSSR count). The predicted octanol–water partition coefficient (Wildman–Crippen LogP) is 0.555. The van der Waals surface area contributed by atoms with E-state index in [1.165, 1.54) is 32.2 Å². The van der Waals surface area contributed by atoms with Gasteiger partial charge < -0.3 is 10.1 Å². The third kappa shape index (κ3) is 3.51. The average Bonchev–Trinajstić information content (AvgIpc) is 2.72. The summed E-state index contributed by atoms with van der Waals surface area (Å²) in [5.41, 5.74) is 0.111. The molecule has 1 aliphatic heterocycles. The van der Waals surface area contributed by atoms with Crippen LogP contribution < -0.4 is 9.62 Å². The zero-order valence-electron chi connectivity index (χ0n) is 12.9. The lowest BCUT2D eigenvalue weighted by Crippen LogP contribution is -2.31. The number of amides is 2. The molecule has 1 aromatic carbocycles. The zero-order valence-corrected chi connectivity index (χ0v) is 14.5. The van der Waals surface area contributed by atoms with Crippen molar-refractivity contribution < 1.29 is 27.5 Å². The maximum atomic E-state index is 12.1. The quantitative estimate of drug-likeness (QED) is 0.771. The van der Waals surface area contributed by atoms with E-state index in [0.29, 0.717) is 4.31 Å². The van der Waals surface area contributed by atoms with Gasteiger partial charge in [-0.3, -0.25) is 14.4 Å². The van der Waals surface area contributed by atoms with Crippen molar-refractivity contribution in [1.82, 2.24) is 5.32 Å².